The second-order valence-corrected chi connectivity index (χ2v) is 5.96. The Balaban J connectivity index is 3.34. The Bertz CT molecular complexity index is 617. The summed E-state index contributed by atoms with van der Waals surface area (Å²) in [6, 6.07) is 5.10. The van der Waals surface area contributed by atoms with Crippen LogP contribution in [0.3, 0.4) is 0 Å². The summed E-state index contributed by atoms with van der Waals surface area (Å²) in [5.41, 5.74) is 0.182. The minimum atomic E-state index is -3.89. The van der Waals surface area contributed by atoms with Gasteiger partial charge in [0, 0.05) is 13.6 Å². The van der Waals surface area contributed by atoms with Crippen LogP contribution in [0, 0.1) is 17.1 Å². The van der Waals surface area contributed by atoms with Crippen LogP contribution in [0.15, 0.2) is 35.2 Å². The van der Waals surface area contributed by atoms with Gasteiger partial charge in [0.1, 0.15) is 22.3 Å². The molecule has 96 valence electrons. The largest absolute Gasteiger partial charge is 0.244 e. The Morgan fingerprint density at radius 1 is 1.56 bits per heavy atom. The van der Waals surface area contributed by atoms with Crippen LogP contribution in [0.25, 0.3) is 0 Å². The van der Waals surface area contributed by atoms with E-state index in [9.17, 15) is 12.8 Å². The average molecular weight is 268 g/mol. The standard InChI is InChI=1S/C12H13FN2O2S/c1-9(2)8-15(3)18(16,17)12-6-4-5-11(13)10(12)7-14/h4-6H,1,8H2,2-3H3. The van der Waals surface area contributed by atoms with Crippen molar-refractivity contribution in [3.8, 4) is 6.07 Å². The van der Waals surface area contributed by atoms with E-state index in [2.05, 4.69) is 6.58 Å². The molecule has 0 spiro atoms. The molecule has 18 heavy (non-hydrogen) atoms. The Labute approximate surface area is 106 Å². The third-order valence-electron chi connectivity index (χ3n) is 2.27. The van der Waals surface area contributed by atoms with E-state index in [0.717, 1.165) is 10.4 Å². The molecule has 0 amide bonds. The van der Waals surface area contributed by atoms with Crippen molar-refractivity contribution >= 4 is 10.0 Å². The van der Waals surface area contributed by atoms with Gasteiger partial charge in [0.25, 0.3) is 0 Å². The minimum absolute atomic E-state index is 0.115. The number of nitrogens with zero attached hydrogens (tertiary/aromatic N) is 2. The summed E-state index contributed by atoms with van der Waals surface area (Å²) in [5, 5.41) is 8.84. The molecule has 0 aliphatic heterocycles. The summed E-state index contributed by atoms with van der Waals surface area (Å²) in [5.74, 6) is -0.845. The summed E-state index contributed by atoms with van der Waals surface area (Å²) >= 11 is 0. The first kappa shape index (κ1) is 14.4. The maximum Gasteiger partial charge on any atom is 0.244 e. The maximum absolute atomic E-state index is 13.4. The number of halogens is 1. The van der Waals surface area contributed by atoms with Crippen LogP contribution in [-0.4, -0.2) is 26.3 Å². The van der Waals surface area contributed by atoms with Crippen LogP contribution in [0.4, 0.5) is 4.39 Å². The second-order valence-electron chi connectivity index (χ2n) is 3.94. The number of nitriles is 1. The van der Waals surface area contributed by atoms with Gasteiger partial charge in [-0.05, 0) is 19.1 Å². The molecule has 0 aliphatic carbocycles. The maximum atomic E-state index is 13.4. The first-order chi connectivity index (χ1) is 8.30. The molecular weight excluding hydrogens is 255 g/mol. The number of likely N-dealkylation sites (N-methyl/N-ethyl adjacent to an activating group) is 1. The fourth-order valence-electron chi connectivity index (χ4n) is 1.46. The zero-order chi connectivity index (χ0) is 13.9. The highest BCUT2D eigenvalue weighted by molar-refractivity contribution is 7.89. The van der Waals surface area contributed by atoms with Crippen molar-refractivity contribution in [3.05, 3.63) is 41.7 Å². The average Bonchev–Trinajstić information content (AvgIpc) is 2.27. The normalized spacial score (nSPS) is 11.3. The third kappa shape index (κ3) is 2.75. The van der Waals surface area contributed by atoms with Gasteiger partial charge in [0.2, 0.25) is 10.0 Å². The van der Waals surface area contributed by atoms with E-state index in [4.69, 9.17) is 5.26 Å². The summed E-state index contributed by atoms with van der Waals surface area (Å²) in [6.45, 7) is 5.42. The quantitative estimate of drug-likeness (QED) is 0.783. The van der Waals surface area contributed by atoms with Crippen LogP contribution in [0.5, 0.6) is 0 Å². The molecule has 4 nitrogen and oxygen atoms in total. The van der Waals surface area contributed by atoms with Gasteiger partial charge >= 0.3 is 0 Å². The highest BCUT2D eigenvalue weighted by Crippen LogP contribution is 2.21. The fraction of sp³-hybridized carbons (Fsp3) is 0.250. The predicted octanol–water partition coefficient (Wildman–Crippen LogP) is 1.89. The molecule has 0 fully saturated rings. The van der Waals surface area contributed by atoms with E-state index in [1.807, 2.05) is 0 Å². The van der Waals surface area contributed by atoms with Gasteiger partial charge in [0.05, 0.1) is 0 Å². The first-order valence-corrected chi connectivity index (χ1v) is 6.54. The van der Waals surface area contributed by atoms with Gasteiger partial charge in [-0.3, -0.25) is 0 Å². The van der Waals surface area contributed by atoms with Gasteiger partial charge in [0.15, 0.2) is 0 Å². The Kier molecular flexibility index (Phi) is 4.22. The van der Waals surface area contributed by atoms with Crippen molar-refractivity contribution < 1.29 is 12.8 Å². The molecule has 0 saturated heterocycles. The van der Waals surface area contributed by atoms with Crippen molar-refractivity contribution in [2.24, 2.45) is 0 Å². The van der Waals surface area contributed by atoms with Crippen molar-refractivity contribution in [1.29, 1.82) is 5.26 Å². The molecule has 0 aliphatic rings. The highest BCUT2D eigenvalue weighted by Gasteiger charge is 2.25. The molecule has 1 rings (SSSR count). The summed E-state index contributed by atoms with van der Waals surface area (Å²) in [7, 11) is -2.53. The molecule has 0 heterocycles. The molecule has 0 N–H and O–H groups in total. The van der Waals surface area contributed by atoms with Crippen LogP contribution < -0.4 is 0 Å². The molecule has 0 bridgehead atoms. The molecule has 0 saturated carbocycles. The highest BCUT2D eigenvalue weighted by atomic mass is 32.2. The molecular formula is C12H13FN2O2S. The lowest BCUT2D eigenvalue weighted by Crippen LogP contribution is -2.29. The number of hydrogen-bond acceptors (Lipinski definition) is 3. The van der Waals surface area contributed by atoms with Crippen LogP contribution in [0.1, 0.15) is 12.5 Å². The Hall–Kier alpha value is -1.71. The van der Waals surface area contributed by atoms with Crippen LogP contribution >= 0.6 is 0 Å². The smallest absolute Gasteiger partial charge is 0.207 e. The number of benzene rings is 1. The molecule has 6 heteroatoms. The molecule has 0 aromatic heterocycles. The van der Waals surface area contributed by atoms with E-state index in [0.29, 0.717) is 5.57 Å². The minimum Gasteiger partial charge on any atom is -0.207 e. The summed E-state index contributed by atoms with van der Waals surface area (Å²) in [6.07, 6.45) is 0. The first-order valence-electron chi connectivity index (χ1n) is 5.10. The molecule has 0 radical (unpaired) electrons. The molecule has 0 atom stereocenters. The SMILES string of the molecule is C=C(C)CN(C)S(=O)(=O)c1cccc(F)c1C#N. The lowest BCUT2D eigenvalue weighted by atomic mass is 10.2. The topological polar surface area (TPSA) is 61.2 Å². The van der Waals surface area contributed by atoms with Gasteiger partial charge in [-0.1, -0.05) is 18.2 Å². The molecule has 1 aromatic carbocycles. The lowest BCUT2D eigenvalue weighted by molar-refractivity contribution is 0.491. The van der Waals surface area contributed by atoms with E-state index in [1.165, 1.54) is 19.2 Å². The van der Waals surface area contributed by atoms with Gasteiger partial charge in [-0.25, -0.2) is 12.8 Å². The zero-order valence-corrected chi connectivity index (χ0v) is 11.0. The van der Waals surface area contributed by atoms with Gasteiger partial charge < -0.3 is 0 Å². The van der Waals surface area contributed by atoms with E-state index >= 15 is 0 Å². The predicted molar refractivity (Wildman–Crippen MR) is 65.7 cm³/mol. The van der Waals surface area contributed by atoms with Crippen molar-refractivity contribution in [3.63, 3.8) is 0 Å². The molecule has 1 aromatic rings. The third-order valence-corrected chi connectivity index (χ3v) is 4.11. The lowest BCUT2D eigenvalue weighted by Gasteiger charge is -2.17. The monoisotopic (exact) mass is 268 g/mol. The zero-order valence-electron chi connectivity index (χ0n) is 10.1. The Morgan fingerprint density at radius 3 is 2.67 bits per heavy atom. The number of sulfonamides is 1. The van der Waals surface area contributed by atoms with Crippen molar-refractivity contribution in [2.45, 2.75) is 11.8 Å². The number of rotatable bonds is 4. The van der Waals surface area contributed by atoms with Crippen LogP contribution in [-0.2, 0) is 10.0 Å². The van der Waals surface area contributed by atoms with Gasteiger partial charge in [-0.15, -0.1) is 0 Å². The fourth-order valence-corrected chi connectivity index (χ4v) is 2.84. The van der Waals surface area contributed by atoms with Crippen LogP contribution in [0.2, 0.25) is 0 Å². The van der Waals surface area contributed by atoms with Gasteiger partial charge in [-0.2, -0.15) is 9.57 Å². The molecule has 0 unspecified atom stereocenters. The Morgan fingerprint density at radius 2 is 2.17 bits per heavy atom. The second kappa shape index (κ2) is 5.29. The van der Waals surface area contributed by atoms with Crippen molar-refractivity contribution in [2.75, 3.05) is 13.6 Å². The summed E-state index contributed by atoms with van der Waals surface area (Å²) in [4.78, 5) is -0.325. The van der Waals surface area contributed by atoms with E-state index in [-0.39, 0.29) is 11.4 Å². The van der Waals surface area contributed by atoms with E-state index < -0.39 is 21.4 Å². The van der Waals surface area contributed by atoms with E-state index in [1.54, 1.807) is 13.0 Å². The van der Waals surface area contributed by atoms with Crippen molar-refractivity contribution in [1.82, 2.24) is 4.31 Å². The number of hydrogen-bond donors (Lipinski definition) is 0. The summed E-state index contributed by atoms with van der Waals surface area (Å²) < 4.78 is 38.7.